The van der Waals surface area contributed by atoms with Crippen molar-refractivity contribution >= 4 is 28.4 Å². The lowest BCUT2D eigenvalue weighted by molar-refractivity contribution is 0.102. The summed E-state index contributed by atoms with van der Waals surface area (Å²) in [5, 5.41) is 2.98. The van der Waals surface area contributed by atoms with Gasteiger partial charge in [-0.25, -0.2) is 4.98 Å². The van der Waals surface area contributed by atoms with Gasteiger partial charge in [-0.1, -0.05) is 42.0 Å². The molecule has 1 aliphatic heterocycles. The molecule has 1 N–H and O–H groups in total. The molecule has 1 amide bonds. The first-order chi connectivity index (χ1) is 16.0. The normalized spacial score (nSPS) is 14.4. The second-order valence-corrected chi connectivity index (χ2v) is 8.62. The van der Waals surface area contributed by atoms with Crippen molar-refractivity contribution < 1.29 is 4.79 Å². The van der Waals surface area contributed by atoms with Crippen molar-refractivity contribution in [2.45, 2.75) is 6.92 Å². The quantitative estimate of drug-likeness (QED) is 0.505. The topological polar surface area (TPSA) is 61.4 Å². The van der Waals surface area contributed by atoms with Crippen LogP contribution >= 0.6 is 0 Å². The molecule has 6 heteroatoms. The first-order valence-electron chi connectivity index (χ1n) is 11.2. The fourth-order valence-corrected chi connectivity index (χ4v) is 4.03. The zero-order valence-electron chi connectivity index (χ0n) is 19.0. The number of carbonyl (C=O) groups is 1. The highest BCUT2D eigenvalue weighted by atomic mass is 16.1. The Morgan fingerprint density at radius 2 is 1.52 bits per heavy atom. The van der Waals surface area contributed by atoms with Crippen molar-refractivity contribution in [3.63, 3.8) is 0 Å². The molecule has 0 bridgehead atoms. The Morgan fingerprint density at radius 3 is 2.21 bits per heavy atom. The Kier molecular flexibility index (Phi) is 5.75. The highest BCUT2D eigenvalue weighted by molar-refractivity contribution is 6.05. The number of nitrogens with one attached hydrogen (secondary N) is 1. The molecule has 2 heterocycles. The van der Waals surface area contributed by atoms with E-state index in [9.17, 15) is 4.79 Å². The minimum Gasteiger partial charge on any atom is -0.353 e. The number of hydrogen-bond donors (Lipinski definition) is 1. The van der Waals surface area contributed by atoms with Crippen LogP contribution in [-0.2, 0) is 0 Å². The standard InChI is InChI=1S/C27H27N5O/c1-19-3-5-20(6-4-19)21-7-9-22(10-8-21)27(33)29-23-11-12-24-25(17-23)28-18-26(30-24)32-15-13-31(2)14-16-32/h3-12,17-18H,13-16H2,1-2H3,(H,29,33). The number of aryl methyl sites for hydroxylation is 1. The van der Waals surface area contributed by atoms with Gasteiger partial charge in [-0.2, -0.15) is 0 Å². The van der Waals surface area contributed by atoms with Crippen molar-refractivity contribution in [3.8, 4) is 11.1 Å². The van der Waals surface area contributed by atoms with Crippen LogP contribution in [0.5, 0.6) is 0 Å². The SMILES string of the molecule is Cc1ccc(-c2ccc(C(=O)Nc3ccc4nc(N5CCN(C)CC5)cnc4c3)cc2)cc1. The molecule has 1 aromatic heterocycles. The van der Waals surface area contributed by atoms with Crippen molar-refractivity contribution in [2.75, 3.05) is 43.4 Å². The number of aromatic nitrogens is 2. The van der Waals surface area contributed by atoms with Gasteiger partial charge in [0.2, 0.25) is 0 Å². The Balaban J connectivity index is 1.28. The molecule has 3 aromatic carbocycles. The summed E-state index contributed by atoms with van der Waals surface area (Å²) < 4.78 is 0. The van der Waals surface area contributed by atoms with E-state index < -0.39 is 0 Å². The summed E-state index contributed by atoms with van der Waals surface area (Å²) in [6.45, 7) is 6.02. The zero-order chi connectivity index (χ0) is 22.8. The molecule has 6 nitrogen and oxygen atoms in total. The number of carbonyl (C=O) groups excluding carboxylic acids is 1. The number of nitrogens with zero attached hydrogens (tertiary/aromatic N) is 4. The van der Waals surface area contributed by atoms with E-state index in [2.05, 4.69) is 58.3 Å². The summed E-state index contributed by atoms with van der Waals surface area (Å²) in [5.41, 5.74) is 6.36. The molecule has 0 atom stereocenters. The van der Waals surface area contributed by atoms with Crippen molar-refractivity contribution in [2.24, 2.45) is 0 Å². The van der Waals surface area contributed by atoms with E-state index in [1.165, 1.54) is 5.56 Å². The van der Waals surface area contributed by atoms with E-state index in [0.29, 0.717) is 11.3 Å². The molecular formula is C27H27N5O. The van der Waals surface area contributed by atoms with E-state index in [-0.39, 0.29) is 5.91 Å². The van der Waals surface area contributed by atoms with Crippen LogP contribution in [0.1, 0.15) is 15.9 Å². The highest BCUT2D eigenvalue weighted by Gasteiger charge is 2.16. The molecule has 0 saturated carbocycles. The maximum Gasteiger partial charge on any atom is 0.255 e. The molecule has 5 rings (SSSR count). The number of amides is 1. The molecule has 1 aliphatic rings. The fourth-order valence-electron chi connectivity index (χ4n) is 4.03. The first-order valence-corrected chi connectivity index (χ1v) is 11.2. The van der Waals surface area contributed by atoms with Crippen LogP contribution in [0, 0.1) is 6.92 Å². The summed E-state index contributed by atoms with van der Waals surface area (Å²) in [4.78, 5) is 26.7. The van der Waals surface area contributed by atoms with Gasteiger partial charge in [0.15, 0.2) is 0 Å². The van der Waals surface area contributed by atoms with Crippen molar-refractivity contribution in [3.05, 3.63) is 84.1 Å². The van der Waals surface area contributed by atoms with Crippen LogP contribution in [0.4, 0.5) is 11.5 Å². The predicted octanol–water partition coefficient (Wildman–Crippen LogP) is 4.61. The van der Waals surface area contributed by atoms with Gasteiger partial charge in [0.05, 0.1) is 17.2 Å². The molecule has 4 aromatic rings. The third-order valence-electron chi connectivity index (χ3n) is 6.15. The Bertz CT molecular complexity index is 1280. The van der Waals surface area contributed by atoms with Crippen LogP contribution in [-0.4, -0.2) is 54.0 Å². The average Bonchev–Trinajstić information content (AvgIpc) is 2.85. The summed E-state index contributed by atoms with van der Waals surface area (Å²) in [6, 6.07) is 21.7. The van der Waals surface area contributed by atoms with Gasteiger partial charge >= 0.3 is 0 Å². The van der Waals surface area contributed by atoms with Crippen LogP contribution in [0.3, 0.4) is 0 Å². The Hall–Kier alpha value is -3.77. The maximum atomic E-state index is 12.8. The lowest BCUT2D eigenvalue weighted by Crippen LogP contribution is -2.44. The summed E-state index contributed by atoms with van der Waals surface area (Å²) in [7, 11) is 2.14. The highest BCUT2D eigenvalue weighted by Crippen LogP contribution is 2.22. The average molecular weight is 438 g/mol. The molecule has 166 valence electrons. The lowest BCUT2D eigenvalue weighted by atomic mass is 10.0. The smallest absolute Gasteiger partial charge is 0.255 e. The van der Waals surface area contributed by atoms with Crippen LogP contribution in [0.25, 0.3) is 22.2 Å². The monoisotopic (exact) mass is 437 g/mol. The first kappa shape index (κ1) is 21.1. The van der Waals surface area contributed by atoms with E-state index in [4.69, 9.17) is 4.98 Å². The lowest BCUT2D eigenvalue weighted by Gasteiger charge is -2.33. The minimum atomic E-state index is -0.146. The molecule has 0 unspecified atom stereocenters. The van der Waals surface area contributed by atoms with Crippen LogP contribution in [0.2, 0.25) is 0 Å². The van der Waals surface area contributed by atoms with Crippen molar-refractivity contribution in [1.29, 1.82) is 0 Å². The molecule has 33 heavy (non-hydrogen) atoms. The van der Waals surface area contributed by atoms with Gasteiger partial charge in [-0.3, -0.25) is 9.78 Å². The van der Waals surface area contributed by atoms with E-state index in [1.54, 1.807) is 0 Å². The number of likely N-dealkylation sites (N-methyl/N-ethyl adjacent to an activating group) is 1. The van der Waals surface area contributed by atoms with Gasteiger partial charge in [-0.15, -0.1) is 0 Å². The van der Waals surface area contributed by atoms with Crippen LogP contribution in [0.15, 0.2) is 72.9 Å². The molecule has 0 aliphatic carbocycles. The number of benzene rings is 3. The minimum absolute atomic E-state index is 0.146. The second-order valence-electron chi connectivity index (χ2n) is 8.62. The van der Waals surface area contributed by atoms with Crippen LogP contribution < -0.4 is 10.2 Å². The Labute approximate surface area is 193 Å². The number of piperazine rings is 1. The fraction of sp³-hybridized carbons (Fsp3) is 0.222. The van der Waals surface area contributed by atoms with Gasteiger partial charge in [-0.05, 0) is 55.4 Å². The second kappa shape index (κ2) is 9.00. The predicted molar refractivity (Wildman–Crippen MR) is 134 cm³/mol. The van der Waals surface area contributed by atoms with E-state index in [1.807, 2.05) is 48.7 Å². The molecular weight excluding hydrogens is 410 g/mol. The molecule has 1 saturated heterocycles. The summed E-state index contributed by atoms with van der Waals surface area (Å²) in [6.07, 6.45) is 1.82. The van der Waals surface area contributed by atoms with E-state index in [0.717, 1.165) is 54.2 Å². The number of hydrogen-bond acceptors (Lipinski definition) is 5. The summed E-state index contributed by atoms with van der Waals surface area (Å²) >= 11 is 0. The molecule has 0 radical (unpaired) electrons. The van der Waals surface area contributed by atoms with Gasteiger partial charge in [0.25, 0.3) is 5.91 Å². The molecule has 1 fully saturated rings. The largest absolute Gasteiger partial charge is 0.353 e. The van der Waals surface area contributed by atoms with Gasteiger partial charge in [0.1, 0.15) is 5.82 Å². The van der Waals surface area contributed by atoms with Gasteiger partial charge in [0, 0.05) is 37.4 Å². The third kappa shape index (κ3) is 4.71. The number of fused-ring (bicyclic) bond motifs is 1. The third-order valence-corrected chi connectivity index (χ3v) is 6.15. The van der Waals surface area contributed by atoms with Gasteiger partial charge < -0.3 is 15.1 Å². The maximum absolute atomic E-state index is 12.8. The zero-order valence-corrected chi connectivity index (χ0v) is 19.0. The number of anilines is 2. The Morgan fingerprint density at radius 1 is 0.848 bits per heavy atom. The molecule has 0 spiro atoms. The number of rotatable bonds is 4. The van der Waals surface area contributed by atoms with Crippen molar-refractivity contribution in [1.82, 2.24) is 14.9 Å². The van der Waals surface area contributed by atoms with E-state index >= 15 is 0 Å². The summed E-state index contributed by atoms with van der Waals surface area (Å²) in [5.74, 6) is 0.757.